The Hall–Kier alpha value is -1.06. The van der Waals surface area contributed by atoms with Gasteiger partial charge in [0.25, 0.3) is 0 Å². The van der Waals surface area contributed by atoms with E-state index in [1.807, 2.05) is 12.1 Å². The van der Waals surface area contributed by atoms with Crippen molar-refractivity contribution in [1.29, 1.82) is 0 Å². The standard InChI is InChI=1S/C20H26O3/c21-14-3-5-15-13(12-14)2-4-17-16(15)6-7-19-18(17)8-9-20(19)22-10-1-11-23-20/h3,5,12,16-19,21H,1-2,4,6-11H2. The molecular weight excluding hydrogens is 288 g/mol. The average molecular weight is 314 g/mol. The largest absolute Gasteiger partial charge is 0.508 e. The van der Waals surface area contributed by atoms with Gasteiger partial charge in [0.2, 0.25) is 0 Å². The van der Waals surface area contributed by atoms with Crippen molar-refractivity contribution >= 4 is 0 Å². The molecule has 1 aliphatic heterocycles. The molecule has 3 heteroatoms. The number of phenols is 1. The lowest BCUT2D eigenvalue weighted by atomic mass is 9.60. The summed E-state index contributed by atoms with van der Waals surface area (Å²) < 4.78 is 12.4. The minimum absolute atomic E-state index is 0.247. The second-order valence-electron chi connectivity index (χ2n) is 7.94. The molecule has 1 spiro atoms. The Morgan fingerprint density at radius 3 is 2.74 bits per heavy atom. The Morgan fingerprint density at radius 2 is 1.87 bits per heavy atom. The monoisotopic (exact) mass is 314 g/mol. The first-order chi connectivity index (χ1) is 11.3. The van der Waals surface area contributed by atoms with Gasteiger partial charge in [-0.15, -0.1) is 0 Å². The highest BCUT2D eigenvalue weighted by molar-refractivity contribution is 5.40. The average Bonchev–Trinajstić information content (AvgIpc) is 2.93. The van der Waals surface area contributed by atoms with E-state index in [1.165, 1.54) is 36.8 Å². The summed E-state index contributed by atoms with van der Waals surface area (Å²) in [4.78, 5) is 0. The van der Waals surface area contributed by atoms with E-state index in [0.29, 0.717) is 17.6 Å². The molecule has 0 bridgehead atoms. The van der Waals surface area contributed by atoms with Crippen LogP contribution in [0.1, 0.15) is 55.6 Å². The van der Waals surface area contributed by atoms with Crippen molar-refractivity contribution in [3.8, 4) is 5.75 Å². The number of aromatic hydroxyl groups is 1. The third-order valence-corrected chi connectivity index (χ3v) is 7.02. The lowest BCUT2D eigenvalue weighted by molar-refractivity contribution is -0.291. The van der Waals surface area contributed by atoms with Crippen molar-refractivity contribution in [2.45, 2.75) is 56.7 Å². The van der Waals surface area contributed by atoms with Gasteiger partial charge in [0.1, 0.15) is 5.75 Å². The molecule has 4 unspecified atom stereocenters. The third kappa shape index (κ3) is 2.09. The summed E-state index contributed by atoms with van der Waals surface area (Å²) in [5.74, 6) is 2.98. The van der Waals surface area contributed by atoms with Gasteiger partial charge >= 0.3 is 0 Å². The molecular formula is C20H26O3. The fourth-order valence-electron chi connectivity index (χ4n) is 6.14. The summed E-state index contributed by atoms with van der Waals surface area (Å²) >= 11 is 0. The van der Waals surface area contributed by atoms with Crippen molar-refractivity contribution in [2.75, 3.05) is 13.2 Å². The fourth-order valence-corrected chi connectivity index (χ4v) is 6.14. The predicted molar refractivity (Wildman–Crippen MR) is 87.4 cm³/mol. The summed E-state index contributed by atoms with van der Waals surface area (Å²) in [6.45, 7) is 1.75. The summed E-state index contributed by atoms with van der Waals surface area (Å²) in [5, 5.41) is 9.77. The molecule has 0 aromatic heterocycles. The Bertz CT molecular complexity index is 605. The van der Waals surface area contributed by atoms with Crippen LogP contribution in [-0.4, -0.2) is 24.1 Å². The lowest BCUT2D eigenvalue weighted by Gasteiger charge is -2.48. The number of benzene rings is 1. The van der Waals surface area contributed by atoms with Crippen molar-refractivity contribution in [1.82, 2.24) is 0 Å². The zero-order valence-electron chi connectivity index (χ0n) is 13.7. The van der Waals surface area contributed by atoms with Crippen LogP contribution in [0.25, 0.3) is 0 Å². The number of hydrogen-bond acceptors (Lipinski definition) is 3. The molecule has 1 aromatic rings. The van der Waals surface area contributed by atoms with E-state index in [0.717, 1.165) is 44.3 Å². The van der Waals surface area contributed by atoms with Crippen LogP contribution in [0.5, 0.6) is 5.75 Å². The lowest BCUT2D eigenvalue weighted by Crippen LogP contribution is -2.48. The number of hydrogen-bond donors (Lipinski definition) is 1. The van der Waals surface area contributed by atoms with Crippen LogP contribution >= 0.6 is 0 Å². The molecule has 1 aromatic carbocycles. The first kappa shape index (κ1) is 14.3. The van der Waals surface area contributed by atoms with Gasteiger partial charge in [-0.05, 0) is 79.5 Å². The first-order valence-corrected chi connectivity index (χ1v) is 9.36. The second kappa shape index (κ2) is 5.22. The number of fused-ring (bicyclic) bond motifs is 6. The van der Waals surface area contributed by atoms with Gasteiger partial charge in [0, 0.05) is 12.3 Å². The molecule has 2 saturated carbocycles. The molecule has 4 aliphatic rings. The van der Waals surface area contributed by atoms with Crippen LogP contribution in [-0.2, 0) is 15.9 Å². The molecule has 5 rings (SSSR count). The topological polar surface area (TPSA) is 38.7 Å². The van der Waals surface area contributed by atoms with E-state index in [-0.39, 0.29) is 5.79 Å². The maximum Gasteiger partial charge on any atom is 0.171 e. The van der Waals surface area contributed by atoms with E-state index < -0.39 is 0 Å². The Balaban J connectivity index is 1.45. The summed E-state index contributed by atoms with van der Waals surface area (Å²) in [6.07, 6.45) is 8.25. The molecule has 124 valence electrons. The van der Waals surface area contributed by atoms with Crippen LogP contribution in [0.3, 0.4) is 0 Å². The SMILES string of the molecule is Oc1ccc2c(c1)CCC1C2CCC2C1CCC21OCCCO1. The molecule has 23 heavy (non-hydrogen) atoms. The van der Waals surface area contributed by atoms with E-state index >= 15 is 0 Å². The molecule has 0 radical (unpaired) electrons. The van der Waals surface area contributed by atoms with Gasteiger partial charge in [0.15, 0.2) is 5.79 Å². The van der Waals surface area contributed by atoms with Gasteiger partial charge < -0.3 is 14.6 Å². The Kier molecular flexibility index (Phi) is 3.24. The van der Waals surface area contributed by atoms with Crippen LogP contribution in [0.4, 0.5) is 0 Å². The number of ether oxygens (including phenoxy) is 2. The highest BCUT2D eigenvalue weighted by Crippen LogP contribution is 2.59. The van der Waals surface area contributed by atoms with Crippen molar-refractivity contribution in [3.05, 3.63) is 29.3 Å². The van der Waals surface area contributed by atoms with Gasteiger partial charge in [-0.3, -0.25) is 0 Å². The van der Waals surface area contributed by atoms with Gasteiger partial charge in [-0.1, -0.05) is 6.07 Å². The number of phenolic OH excluding ortho intramolecular Hbond substituents is 1. The minimum Gasteiger partial charge on any atom is -0.508 e. The van der Waals surface area contributed by atoms with Crippen molar-refractivity contribution < 1.29 is 14.6 Å². The molecule has 4 atom stereocenters. The van der Waals surface area contributed by atoms with E-state index in [1.54, 1.807) is 0 Å². The Morgan fingerprint density at radius 1 is 1.00 bits per heavy atom. The minimum atomic E-state index is -0.247. The van der Waals surface area contributed by atoms with E-state index in [4.69, 9.17) is 9.47 Å². The smallest absolute Gasteiger partial charge is 0.171 e. The molecule has 0 amide bonds. The quantitative estimate of drug-likeness (QED) is 0.787. The summed E-state index contributed by atoms with van der Waals surface area (Å²) in [6, 6.07) is 6.04. The highest BCUT2D eigenvalue weighted by atomic mass is 16.7. The number of aryl methyl sites for hydroxylation is 1. The zero-order chi connectivity index (χ0) is 15.4. The van der Waals surface area contributed by atoms with Crippen LogP contribution < -0.4 is 0 Å². The van der Waals surface area contributed by atoms with Gasteiger partial charge in [-0.2, -0.15) is 0 Å². The normalized spacial score (nSPS) is 37.9. The molecule has 3 fully saturated rings. The van der Waals surface area contributed by atoms with Crippen LogP contribution in [0.15, 0.2) is 18.2 Å². The summed E-state index contributed by atoms with van der Waals surface area (Å²) in [7, 11) is 0. The van der Waals surface area contributed by atoms with Crippen molar-refractivity contribution in [3.63, 3.8) is 0 Å². The molecule has 1 heterocycles. The van der Waals surface area contributed by atoms with Crippen LogP contribution in [0.2, 0.25) is 0 Å². The van der Waals surface area contributed by atoms with E-state index in [2.05, 4.69) is 6.07 Å². The molecule has 1 N–H and O–H groups in total. The van der Waals surface area contributed by atoms with Gasteiger partial charge in [-0.25, -0.2) is 0 Å². The fraction of sp³-hybridized carbons (Fsp3) is 0.700. The second-order valence-corrected chi connectivity index (χ2v) is 7.94. The third-order valence-electron chi connectivity index (χ3n) is 7.02. The number of rotatable bonds is 0. The Labute approximate surface area is 138 Å². The van der Waals surface area contributed by atoms with Gasteiger partial charge in [0.05, 0.1) is 13.2 Å². The molecule has 3 nitrogen and oxygen atoms in total. The van der Waals surface area contributed by atoms with Crippen molar-refractivity contribution in [2.24, 2.45) is 17.8 Å². The maximum atomic E-state index is 9.77. The van der Waals surface area contributed by atoms with E-state index in [9.17, 15) is 5.11 Å². The maximum absolute atomic E-state index is 9.77. The predicted octanol–water partition coefficient (Wildman–Crippen LogP) is 3.99. The summed E-state index contributed by atoms with van der Waals surface area (Å²) in [5.41, 5.74) is 2.88. The zero-order valence-corrected chi connectivity index (χ0v) is 13.7. The molecule has 3 aliphatic carbocycles. The first-order valence-electron chi connectivity index (χ1n) is 9.36. The van der Waals surface area contributed by atoms with Crippen LogP contribution in [0, 0.1) is 17.8 Å². The highest BCUT2D eigenvalue weighted by Gasteiger charge is 2.56. The molecule has 1 saturated heterocycles.